The number of hydrogen-bond acceptors (Lipinski definition) is 6. The minimum atomic E-state index is -5.85. The molecular weight excluding hydrogens is 1280 g/mol. The van der Waals surface area contributed by atoms with Gasteiger partial charge in [0, 0.05) is 0 Å². The summed E-state index contributed by atoms with van der Waals surface area (Å²) in [6, 6.07) is 20.8. The van der Waals surface area contributed by atoms with E-state index >= 15 is 0 Å². The fraction of sp³-hybridized carbons (Fsp3) is 0. The first-order chi connectivity index (χ1) is 18.0. The monoisotopic (exact) mass is 1290 g/mol. The molecule has 0 saturated carbocycles. The Balaban J connectivity index is -0.000000133. The molecule has 0 fully saturated rings. The summed E-state index contributed by atoms with van der Waals surface area (Å²) in [5.41, 5.74) is 2.55. The van der Waals surface area contributed by atoms with Gasteiger partial charge < -0.3 is 0 Å². The van der Waals surface area contributed by atoms with Crippen LogP contribution in [0.3, 0.4) is 0 Å². The largest absolute Gasteiger partial charge is 0.0622 e. The quantitative estimate of drug-likeness (QED) is 0.0962. The zero-order chi connectivity index (χ0) is 35.2. The van der Waals surface area contributed by atoms with E-state index in [0.29, 0.717) is 0 Å². The van der Waals surface area contributed by atoms with Crippen LogP contribution in [-0.2, 0) is 18.1 Å². The van der Waals surface area contributed by atoms with Gasteiger partial charge in [-0.05, 0) is 11.1 Å². The maximum atomic E-state index is 10.4. The topological polar surface area (TPSA) is 345 Å². The SMILES string of the molecule is [O]=[Sb]([OH])([OH])[F].[O]=[Sb]([OH])([OH])[F].[O]=[Sb]([OH])([OH])[F].[O]=[Sb]([OH])([OH])[F].[O]=[Sb]([OH])([OH])[F].[O]=[Sb]([OH])([OH])[F].c1ccc(-c2ccccc2)cc1. The third-order valence-corrected chi connectivity index (χ3v) is 1.88. The first-order valence-corrected chi connectivity index (χ1v) is 34.3. The molecule has 0 unspecified atom stereocenters. The Bertz CT molecular complexity index is 994. The predicted molar refractivity (Wildman–Crippen MR) is 124 cm³/mol. The van der Waals surface area contributed by atoms with Gasteiger partial charge in [-0.15, -0.1) is 0 Å². The van der Waals surface area contributed by atoms with Crippen molar-refractivity contribution in [1.29, 1.82) is 0 Å². The van der Waals surface area contributed by atoms with Crippen molar-refractivity contribution in [3.05, 3.63) is 60.7 Å². The van der Waals surface area contributed by atoms with Crippen LogP contribution in [0.1, 0.15) is 0 Å². The molecule has 12 N–H and O–H groups in total. The molecule has 0 aliphatic rings. The molecule has 2 rings (SSSR count). The molecule has 0 aromatic heterocycles. The molecule has 42 heavy (non-hydrogen) atoms. The molecule has 30 heteroatoms. The third-order valence-electron chi connectivity index (χ3n) is 1.88. The van der Waals surface area contributed by atoms with E-state index in [-0.39, 0.29) is 0 Å². The number of hydrogen-bond donors (Lipinski definition) is 12. The van der Waals surface area contributed by atoms with Crippen molar-refractivity contribution in [1.82, 2.24) is 0 Å². The summed E-state index contributed by atoms with van der Waals surface area (Å²) in [5.74, 6) is 0. The normalized spacial score (nSPS) is 11.2. The van der Waals surface area contributed by atoms with Crippen LogP contribution in [0.2, 0.25) is 0 Å². The molecule has 0 radical (unpaired) electrons. The van der Waals surface area contributed by atoms with Gasteiger partial charge in [-0.25, -0.2) is 0 Å². The van der Waals surface area contributed by atoms with Gasteiger partial charge in [0.05, 0.1) is 0 Å². The molecule has 0 spiro atoms. The Hall–Kier alpha value is 1.25. The summed E-state index contributed by atoms with van der Waals surface area (Å²) in [5, 5.41) is 0. The Labute approximate surface area is 264 Å². The first kappa shape index (κ1) is 52.8. The molecule has 0 aliphatic carbocycles. The third kappa shape index (κ3) is 148. The molecule has 0 bridgehead atoms. The van der Waals surface area contributed by atoms with E-state index < -0.39 is 121 Å². The molecule has 2 aromatic carbocycles. The van der Waals surface area contributed by atoms with E-state index in [4.69, 9.17) is 58.7 Å². The van der Waals surface area contributed by atoms with Gasteiger partial charge in [0.2, 0.25) is 0 Å². The van der Waals surface area contributed by atoms with Crippen molar-refractivity contribution in [2.75, 3.05) is 0 Å². The average molecular weight is 1300 g/mol. The van der Waals surface area contributed by atoms with Crippen molar-refractivity contribution in [3.8, 4) is 11.1 Å². The molecule has 18 nitrogen and oxygen atoms in total. The van der Waals surface area contributed by atoms with E-state index in [0.717, 1.165) is 0 Å². The van der Waals surface area contributed by atoms with Crippen LogP contribution in [0.15, 0.2) is 60.7 Å². The summed E-state index contributed by atoms with van der Waals surface area (Å²) in [7, 11) is 0. The van der Waals surface area contributed by atoms with Gasteiger partial charge in [0.25, 0.3) is 0 Å². The van der Waals surface area contributed by atoms with Crippen LogP contribution in [0.5, 0.6) is 0 Å². The summed E-state index contributed by atoms with van der Waals surface area (Å²) < 4.78 is 200. The molecule has 2 aromatic rings. The molecule has 0 atom stereocenters. The maximum Gasteiger partial charge on any atom is -0.0184 e. The van der Waals surface area contributed by atoms with Crippen molar-refractivity contribution >= 4 is 121 Å². The summed E-state index contributed by atoms with van der Waals surface area (Å²) in [4.78, 5) is 0. The van der Waals surface area contributed by atoms with Crippen LogP contribution in [0.25, 0.3) is 11.1 Å². The molecule has 0 heterocycles. The number of benzene rings is 2. The fourth-order valence-corrected chi connectivity index (χ4v) is 1.26. The summed E-state index contributed by atoms with van der Waals surface area (Å²) >= 11 is -35.1. The summed E-state index contributed by atoms with van der Waals surface area (Å²) in [6.07, 6.45) is 0. The van der Waals surface area contributed by atoms with Crippen molar-refractivity contribution in [2.24, 2.45) is 0 Å². The van der Waals surface area contributed by atoms with Crippen LogP contribution in [0, 0.1) is 0 Å². The van der Waals surface area contributed by atoms with Crippen LogP contribution in [-0.4, -0.2) is 162 Å². The van der Waals surface area contributed by atoms with E-state index in [1.807, 2.05) is 12.1 Å². The average Bonchev–Trinajstić information content (AvgIpc) is 2.61. The Morgan fingerprint density at radius 3 is 0.500 bits per heavy atom. The molecular formula is C12H22F6O18Sb6. The van der Waals surface area contributed by atoms with Gasteiger partial charge in [0.1, 0.15) is 0 Å². The van der Waals surface area contributed by atoms with E-state index in [9.17, 15) is 16.9 Å². The van der Waals surface area contributed by atoms with Gasteiger partial charge in [-0.2, -0.15) is 0 Å². The number of rotatable bonds is 1. The Morgan fingerprint density at radius 2 is 0.405 bits per heavy atom. The second-order valence-electron chi connectivity index (χ2n) is 5.57. The maximum absolute atomic E-state index is 10.4. The molecule has 0 amide bonds. The molecule has 250 valence electrons. The molecule has 0 saturated heterocycles. The first-order valence-electron chi connectivity index (χ1n) is 8.58. The van der Waals surface area contributed by atoms with E-state index in [2.05, 4.69) is 48.5 Å². The van der Waals surface area contributed by atoms with Crippen LogP contribution in [0.4, 0.5) is 16.9 Å². The fourth-order valence-electron chi connectivity index (χ4n) is 1.26. The number of halogens is 6. The van der Waals surface area contributed by atoms with Gasteiger partial charge >= 0.3 is 197 Å². The minimum Gasteiger partial charge on any atom is -0.0622 e. The van der Waals surface area contributed by atoms with Crippen LogP contribution < -0.4 is 0 Å². The van der Waals surface area contributed by atoms with E-state index in [1.165, 1.54) is 11.1 Å². The van der Waals surface area contributed by atoms with Gasteiger partial charge in [-0.1, -0.05) is 60.7 Å². The van der Waals surface area contributed by atoms with Crippen molar-refractivity contribution in [2.45, 2.75) is 0 Å². The second-order valence-corrected chi connectivity index (χ2v) is 21.8. The van der Waals surface area contributed by atoms with E-state index in [1.54, 1.807) is 0 Å². The predicted octanol–water partition coefficient (Wildman–Crippen LogP) is -3.81. The molecule has 0 aliphatic heterocycles. The second kappa shape index (κ2) is 25.4. The zero-order valence-electron chi connectivity index (χ0n) is 19.5. The minimum absolute atomic E-state index is 1.28. The van der Waals surface area contributed by atoms with Gasteiger partial charge in [-0.3, -0.25) is 0 Å². The van der Waals surface area contributed by atoms with Gasteiger partial charge in [0.15, 0.2) is 0 Å². The standard InChI is InChI=1S/C12H10.6FH.12H2O.6O.6Sb/c1-3-7-11(8-4-1)12-9-5-2-6-10-12;;;;;;;;;;;;;;;;;;;;;;;;;;;;;;/h1-10H;6*1H;12*1H2;;;;;;;;;;;;/q;;;;;;;;;;;;;;;;;;;;;;;;;6*+3/p-18. The Kier molecular flexibility index (Phi) is 31.9. The van der Waals surface area contributed by atoms with Crippen molar-refractivity contribution < 1.29 is 75.6 Å². The summed E-state index contributed by atoms with van der Waals surface area (Å²) in [6.45, 7) is 0. The van der Waals surface area contributed by atoms with Crippen LogP contribution >= 0.6 is 0 Å². The zero-order valence-corrected chi connectivity index (χ0v) is 34.9. The smallest absolute Gasteiger partial charge is 0.0184 e. The van der Waals surface area contributed by atoms with Crippen molar-refractivity contribution in [3.63, 3.8) is 0 Å². The Morgan fingerprint density at radius 1 is 0.310 bits per heavy atom.